The lowest BCUT2D eigenvalue weighted by Gasteiger charge is -2.28. The highest BCUT2D eigenvalue weighted by molar-refractivity contribution is 5.74. The first-order chi connectivity index (χ1) is 9.56. The number of carboxylic acids is 1. The van der Waals surface area contributed by atoms with Crippen LogP contribution in [0.5, 0.6) is 0 Å². The summed E-state index contributed by atoms with van der Waals surface area (Å²) in [5.74, 6) is -2.24. The van der Waals surface area contributed by atoms with Crippen LogP contribution in [-0.4, -0.2) is 27.1 Å². The maximum absolute atomic E-state index is 13.9. The van der Waals surface area contributed by atoms with Crippen molar-refractivity contribution in [2.75, 3.05) is 0 Å². The van der Waals surface area contributed by atoms with Crippen LogP contribution in [0.2, 0.25) is 0 Å². The van der Waals surface area contributed by atoms with Gasteiger partial charge in [-0.2, -0.15) is 0 Å². The molecule has 20 heavy (non-hydrogen) atoms. The molecule has 2 atom stereocenters. The summed E-state index contributed by atoms with van der Waals surface area (Å²) in [5, 5.41) is 11.9. The van der Waals surface area contributed by atoms with E-state index in [0.717, 1.165) is 18.2 Å². The second-order valence-electron chi connectivity index (χ2n) is 4.63. The minimum absolute atomic E-state index is 0.0456. The van der Waals surface area contributed by atoms with Crippen LogP contribution < -0.4 is 5.32 Å². The van der Waals surface area contributed by atoms with Gasteiger partial charge in [-0.25, -0.2) is 13.8 Å². The van der Waals surface area contributed by atoms with E-state index < -0.39 is 29.7 Å². The van der Waals surface area contributed by atoms with Crippen LogP contribution in [0.3, 0.4) is 0 Å². The first kappa shape index (κ1) is 12.7. The topological polar surface area (TPSA) is 78.0 Å². The third kappa shape index (κ3) is 2.05. The molecule has 0 fully saturated rings. The van der Waals surface area contributed by atoms with Gasteiger partial charge in [0.15, 0.2) is 0 Å². The molecule has 7 heteroatoms. The number of benzene rings is 1. The monoisotopic (exact) mass is 279 g/mol. The van der Waals surface area contributed by atoms with Crippen molar-refractivity contribution in [1.82, 2.24) is 15.3 Å². The van der Waals surface area contributed by atoms with Crippen molar-refractivity contribution >= 4 is 5.97 Å². The number of rotatable bonds is 2. The molecular weight excluding hydrogens is 268 g/mol. The quantitative estimate of drug-likeness (QED) is 0.776. The second kappa shape index (κ2) is 4.68. The van der Waals surface area contributed by atoms with Crippen molar-refractivity contribution in [2.24, 2.45) is 0 Å². The molecular formula is C13H11F2N3O2. The Kier molecular flexibility index (Phi) is 2.98. The summed E-state index contributed by atoms with van der Waals surface area (Å²) < 4.78 is 27.2. The zero-order chi connectivity index (χ0) is 14.3. The third-order valence-corrected chi connectivity index (χ3v) is 3.37. The molecule has 0 bridgehead atoms. The highest BCUT2D eigenvalue weighted by Crippen LogP contribution is 2.30. The van der Waals surface area contributed by atoms with Gasteiger partial charge in [-0.1, -0.05) is 0 Å². The molecule has 1 aromatic heterocycles. The number of aromatic amines is 1. The zero-order valence-electron chi connectivity index (χ0n) is 10.2. The largest absolute Gasteiger partial charge is 0.480 e. The molecule has 0 saturated carbocycles. The number of nitrogens with one attached hydrogen (secondary N) is 2. The van der Waals surface area contributed by atoms with Gasteiger partial charge in [0, 0.05) is 17.7 Å². The van der Waals surface area contributed by atoms with E-state index in [0.29, 0.717) is 11.4 Å². The number of halogens is 2. The molecule has 5 nitrogen and oxygen atoms in total. The Labute approximate surface area is 112 Å². The van der Waals surface area contributed by atoms with E-state index in [4.69, 9.17) is 5.11 Å². The summed E-state index contributed by atoms with van der Waals surface area (Å²) in [4.78, 5) is 18.1. The van der Waals surface area contributed by atoms with Gasteiger partial charge in [-0.05, 0) is 18.2 Å². The van der Waals surface area contributed by atoms with Crippen molar-refractivity contribution < 1.29 is 18.7 Å². The number of aromatic nitrogens is 2. The molecule has 1 aromatic carbocycles. The molecule has 1 aliphatic heterocycles. The normalized spacial score (nSPS) is 21.5. The van der Waals surface area contributed by atoms with E-state index in [1.165, 1.54) is 6.33 Å². The van der Waals surface area contributed by atoms with Gasteiger partial charge in [0.25, 0.3) is 0 Å². The zero-order valence-corrected chi connectivity index (χ0v) is 10.2. The molecule has 2 heterocycles. The molecule has 0 saturated heterocycles. The second-order valence-corrected chi connectivity index (χ2v) is 4.63. The highest BCUT2D eigenvalue weighted by atomic mass is 19.1. The number of imidazole rings is 1. The van der Waals surface area contributed by atoms with E-state index in [1.54, 1.807) is 0 Å². The predicted octanol–water partition coefficient (Wildman–Crippen LogP) is 1.38. The van der Waals surface area contributed by atoms with E-state index in [9.17, 15) is 13.6 Å². The van der Waals surface area contributed by atoms with Gasteiger partial charge in [0.05, 0.1) is 18.1 Å². The standard InChI is InChI=1S/C13H11F2N3O2/c14-6-1-2-8(15)7(3-6)11-12-9(16-5-17-12)4-10(18-11)13(19)20/h1-3,5,10-11,18H,4H2,(H,16,17)(H,19,20)/t10-,11-/m1/s1. The number of hydrogen-bond donors (Lipinski definition) is 3. The number of hydrogen-bond acceptors (Lipinski definition) is 3. The van der Waals surface area contributed by atoms with Gasteiger partial charge >= 0.3 is 5.97 Å². The summed E-state index contributed by atoms with van der Waals surface area (Å²) in [5.41, 5.74) is 1.15. The van der Waals surface area contributed by atoms with Crippen LogP contribution in [0.1, 0.15) is 23.0 Å². The van der Waals surface area contributed by atoms with Gasteiger partial charge in [-0.15, -0.1) is 0 Å². The third-order valence-electron chi connectivity index (χ3n) is 3.37. The summed E-state index contributed by atoms with van der Waals surface area (Å²) in [6.07, 6.45) is 1.64. The van der Waals surface area contributed by atoms with Crippen LogP contribution >= 0.6 is 0 Å². The molecule has 2 aromatic rings. The Morgan fingerprint density at radius 1 is 1.40 bits per heavy atom. The molecule has 0 unspecified atom stereocenters. The van der Waals surface area contributed by atoms with Crippen molar-refractivity contribution in [3.05, 3.63) is 53.1 Å². The maximum atomic E-state index is 13.9. The number of fused-ring (bicyclic) bond motifs is 1. The number of nitrogens with zero attached hydrogens (tertiary/aromatic N) is 1. The van der Waals surface area contributed by atoms with Crippen molar-refractivity contribution in [1.29, 1.82) is 0 Å². The molecule has 0 spiro atoms. The summed E-state index contributed by atoms with van der Waals surface area (Å²) >= 11 is 0. The smallest absolute Gasteiger partial charge is 0.321 e. The van der Waals surface area contributed by atoms with Gasteiger partial charge in [0.1, 0.15) is 17.7 Å². The summed E-state index contributed by atoms with van der Waals surface area (Å²) in [6.45, 7) is 0. The lowest BCUT2D eigenvalue weighted by molar-refractivity contribution is -0.139. The van der Waals surface area contributed by atoms with Crippen molar-refractivity contribution in [2.45, 2.75) is 18.5 Å². The molecule has 0 radical (unpaired) electrons. The minimum atomic E-state index is -1.05. The molecule has 3 N–H and O–H groups in total. The minimum Gasteiger partial charge on any atom is -0.480 e. The number of aliphatic carboxylic acids is 1. The van der Waals surface area contributed by atoms with E-state index in [-0.39, 0.29) is 12.0 Å². The van der Waals surface area contributed by atoms with E-state index in [1.807, 2.05) is 0 Å². The lowest BCUT2D eigenvalue weighted by Crippen LogP contribution is -2.45. The predicted molar refractivity (Wildman–Crippen MR) is 65.1 cm³/mol. The average molecular weight is 279 g/mol. The fourth-order valence-corrected chi connectivity index (χ4v) is 2.42. The SMILES string of the molecule is O=C(O)[C@H]1Cc2[nH]cnc2[C@@H](c2cc(F)ccc2F)N1. The van der Waals surface area contributed by atoms with Gasteiger partial charge < -0.3 is 10.1 Å². The average Bonchev–Trinajstić information content (AvgIpc) is 2.88. The maximum Gasteiger partial charge on any atom is 0.321 e. The Morgan fingerprint density at radius 2 is 2.20 bits per heavy atom. The molecule has 0 amide bonds. The summed E-state index contributed by atoms with van der Waals surface area (Å²) in [6, 6.07) is 1.41. The fraction of sp³-hybridized carbons (Fsp3) is 0.231. The number of carboxylic acid groups (broad SMARTS) is 1. The highest BCUT2D eigenvalue weighted by Gasteiger charge is 2.34. The van der Waals surface area contributed by atoms with Crippen LogP contribution in [-0.2, 0) is 11.2 Å². The van der Waals surface area contributed by atoms with Crippen LogP contribution in [0.4, 0.5) is 8.78 Å². The van der Waals surface area contributed by atoms with Gasteiger partial charge in [-0.3, -0.25) is 10.1 Å². The number of H-pyrrole nitrogens is 1. The van der Waals surface area contributed by atoms with Crippen molar-refractivity contribution in [3.8, 4) is 0 Å². The van der Waals surface area contributed by atoms with Crippen molar-refractivity contribution in [3.63, 3.8) is 0 Å². The number of carbonyl (C=O) groups is 1. The van der Waals surface area contributed by atoms with Crippen LogP contribution in [0, 0.1) is 11.6 Å². The molecule has 0 aliphatic carbocycles. The molecule has 3 rings (SSSR count). The van der Waals surface area contributed by atoms with Gasteiger partial charge in [0.2, 0.25) is 0 Å². The Balaban J connectivity index is 2.08. The Hall–Kier alpha value is -2.28. The molecule has 1 aliphatic rings. The Morgan fingerprint density at radius 3 is 2.95 bits per heavy atom. The van der Waals surface area contributed by atoms with E-state index in [2.05, 4.69) is 15.3 Å². The first-order valence-electron chi connectivity index (χ1n) is 6.02. The van der Waals surface area contributed by atoms with E-state index >= 15 is 0 Å². The Bertz CT molecular complexity index is 671. The fourth-order valence-electron chi connectivity index (χ4n) is 2.42. The lowest BCUT2D eigenvalue weighted by atomic mass is 9.93. The van der Waals surface area contributed by atoms with Crippen LogP contribution in [0.25, 0.3) is 0 Å². The first-order valence-corrected chi connectivity index (χ1v) is 6.02. The van der Waals surface area contributed by atoms with Crippen LogP contribution in [0.15, 0.2) is 24.5 Å². The summed E-state index contributed by atoms with van der Waals surface area (Å²) in [7, 11) is 0. The molecule has 104 valence electrons.